The third-order valence-corrected chi connectivity index (χ3v) is 4.12. The van der Waals surface area contributed by atoms with Crippen LogP contribution >= 0.6 is 0 Å². The molecular weight excluding hydrogens is 408 g/mol. The maximum atomic E-state index is 11.7. The Balaban J connectivity index is 0.000000181. The van der Waals surface area contributed by atoms with Gasteiger partial charge in [0, 0.05) is 6.07 Å². The highest BCUT2D eigenvalue weighted by molar-refractivity contribution is 5.93. The van der Waals surface area contributed by atoms with Crippen LogP contribution in [0, 0.1) is 0 Å². The summed E-state index contributed by atoms with van der Waals surface area (Å²) >= 11 is 0. The van der Waals surface area contributed by atoms with Crippen LogP contribution in [0.4, 0.5) is 0 Å². The van der Waals surface area contributed by atoms with E-state index in [1.165, 1.54) is 24.3 Å². The van der Waals surface area contributed by atoms with Gasteiger partial charge in [0.1, 0.15) is 28.6 Å². The molecule has 2 N–H and O–H groups in total. The van der Waals surface area contributed by atoms with Crippen molar-refractivity contribution >= 4 is 11.9 Å². The van der Waals surface area contributed by atoms with Crippen LogP contribution in [0.2, 0.25) is 0 Å². The molecule has 0 radical (unpaired) electrons. The Morgan fingerprint density at radius 2 is 1.12 bits per heavy atom. The van der Waals surface area contributed by atoms with E-state index in [9.17, 15) is 19.8 Å². The maximum Gasteiger partial charge on any atom is 0.347 e. The molecule has 0 amide bonds. The lowest BCUT2D eigenvalue weighted by molar-refractivity contribution is 0.0723. The lowest BCUT2D eigenvalue weighted by Crippen LogP contribution is -2.08. The van der Waals surface area contributed by atoms with E-state index in [4.69, 9.17) is 9.47 Å². The van der Waals surface area contributed by atoms with Gasteiger partial charge >= 0.3 is 11.9 Å². The van der Waals surface area contributed by atoms with Crippen molar-refractivity contribution in [2.75, 3.05) is 0 Å². The van der Waals surface area contributed by atoms with Crippen molar-refractivity contribution in [2.45, 2.75) is 0 Å². The molecule has 4 rings (SSSR count). The molecule has 32 heavy (non-hydrogen) atoms. The first-order valence-corrected chi connectivity index (χ1v) is 9.64. The van der Waals surface area contributed by atoms with E-state index in [0.29, 0.717) is 17.1 Å². The number of carbonyl (C=O) groups is 2. The predicted octanol–water partition coefficient (Wildman–Crippen LogP) is 5.22. The van der Waals surface area contributed by atoms with Gasteiger partial charge in [-0.25, -0.2) is 9.59 Å². The summed E-state index contributed by atoms with van der Waals surface area (Å²) in [6.07, 6.45) is 0. The Kier molecular flexibility index (Phi) is 7.59. The van der Waals surface area contributed by atoms with Gasteiger partial charge in [0.25, 0.3) is 0 Å². The average molecular weight is 428 g/mol. The van der Waals surface area contributed by atoms with Crippen LogP contribution in [0.1, 0.15) is 20.7 Å². The van der Waals surface area contributed by atoms with E-state index in [2.05, 4.69) is 0 Å². The van der Waals surface area contributed by atoms with Crippen LogP contribution in [0.5, 0.6) is 23.0 Å². The summed E-state index contributed by atoms with van der Waals surface area (Å²) in [6, 6.07) is 29.8. The molecule has 0 bridgehead atoms. The summed E-state index contributed by atoms with van der Waals surface area (Å²) in [6.45, 7) is 0. The second kappa shape index (κ2) is 11.0. The van der Waals surface area contributed by atoms with Crippen molar-refractivity contribution in [3.63, 3.8) is 0 Å². The van der Waals surface area contributed by atoms with Crippen LogP contribution in [-0.4, -0.2) is 22.2 Å². The summed E-state index contributed by atoms with van der Waals surface area (Å²) in [7, 11) is 0. The van der Waals surface area contributed by atoms with E-state index in [1.807, 2.05) is 12.1 Å². The number of para-hydroxylation sites is 2. The largest absolute Gasteiger partial charge is 0.508 e. The smallest absolute Gasteiger partial charge is 0.347 e. The third-order valence-electron chi connectivity index (χ3n) is 4.12. The lowest BCUT2D eigenvalue weighted by Gasteiger charge is -2.04. The molecule has 0 aliphatic heterocycles. The third kappa shape index (κ3) is 6.47. The summed E-state index contributed by atoms with van der Waals surface area (Å²) in [5.41, 5.74) is 0.636. The van der Waals surface area contributed by atoms with E-state index >= 15 is 0 Å². The molecule has 0 unspecified atom stereocenters. The summed E-state index contributed by atoms with van der Waals surface area (Å²) < 4.78 is 10.2. The molecule has 0 aliphatic rings. The Labute approximate surface area is 184 Å². The van der Waals surface area contributed by atoms with Crippen molar-refractivity contribution in [3.05, 3.63) is 120 Å². The van der Waals surface area contributed by atoms with Gasteiger partial charge in [-0.2, -0.15) is 0 Å². The molecule has 0 aromatic heterocycles. The number of phenolic OH excluding ortho intramolecular Hbond substituents is 2. The zero-order chi connectivity index (χ0) is 22.8. The Bertz CT molecular complexity index is 1170. The highest BCUT2D eigenvalue weighted by Crippen LogP contribution is 2.19. The summed E-state index contributed by atoms with van der Waals surface area (Å²) in [5.74, 6) is -0.234. The second-order valence-corrected chi connectivity index (χ2v) is 6.47. The van der Waals surface area contributed by atoms with E-state index in [0.717, 1.165) is 0 Å². The zero-order valence-corrected chi connectivity index (χ0v) is 16.9. The van der Waals surface area contributed by atoms with Gasteiger partial charge in [0.15, 0.2) is 0 Å². The molecule has 6 heteroatoms. The first-order valence-electron chi connectivity index (χ1n) is 9.64. The highest BCUT2D eigenvalue weighted by Gasteiger charge is 2.12. The standard InChI is InChI=1S/2C13H10O3/c14-12-9-5-4-8-11(12)13(15)16-10-6-2-1-3-7-10;14-11-7-4-8-12(9-11)16-13(15)10-5-2-1-3-6-10/h2*1-9,14H. The Morgan fingerprint density at radius 1 is 0.562 bits per heavy atom. The fourth-order valence-corrected chi connectivity index (χ4v) is 2.58. The number of hydrogen-bond donors (Lipinski definition) is 2. The number of benzene rings is 4. The Hall–Kier alpha value is -4.58. The van der Waals surface area contributed by atoms with Crippen molar-refractivity contribution < 1.29 is 29.3 Å². The molecular formula is C26H20O6. The van der Waals surface area contributed by atoms with Gasteiger partial charge in [0.2, 0.25) is 0 Å². The zero-order valence-electron chi connectivity index (χ0n) is 16.9. The molecule has 0 fully saturated rings. The monoisotopic (exact) mass is 428 g/mol. The number of esters is 2. The predicted molar refractivity (Wildman–Crippen MR) is 119 cm³/mol. The fraction of sp³-hybridized carbons (Fsp3) is 0. The van der Waals surface area contributed by atoms with Gasteiger partial charge in [-0.05, 0) is 48.5 Å². The number of hydrogen-bond acceptors (Lipinski definition) is 6. The lowest BCUT2D eigenvalue weighted by atomic mass is 10.2. The normalized spacial score (nSPS) is 9.75. The van der Waals surface area contributed by atoms with E-state index in [1.54, 1.807) is 72.8 Å². The number of carbonyl (C=O) groups excluding carboxylic acids is 2. The van der Waals surface area contributed by atoms with Gasteiger partial charge < -0.3 is 19.7 Å². The average Bonchev–Trinajstić information content (AvgIpc) is 2.81. The molecule has 0 atom stereocenters. The molecule has 6 nitrogen and oxygen atoms in total. The molecule has 0 saturated heterocycles. The molecule has 4 aromatic carbocycles. The van der Waals surface area contributed by atoms with Crippen molar-refractivity contribution in [3.8, 4) is 23.0 Å². The molecule has 4 aromatic rings. The first-order chi connectivity index (χ1) is 15.5. The van der Waals surface area contributed by atoms with Crippen LogP contribution in [0.15, 0.2) is 109 Å². The number of rotatable bonds is 4. The van der Waals surface area contributed by atoms with Crippen molar-refractivity contribution in [1.82, 2.24) is 0 Å². The minimum atomic E-state index is -0.565. The van der Waals surface area contributed by atoms with Crippen LogP contribution in [0.25, 0.3) is 0 Å². The SMILES string of the molecule is O=C(Oc1cccc(O)c1)c1ccccc1.O=C(Oc1ccccc1)c1ccccc1O. The molecule has 160 valence electrons. The van der Waals surface area contributed by atoms with Crippen LogP contribution in [0.3, 0.4) is 0 Å². The minimum Gasteiger partial charge on any atom is -0.508 e. The number of aromatic hydroxyl groups is 2. The Morgan fingerprint density at radius 3 is 1.78 bits per heavy atom. The van der Waals surface area contributed by atoms with Crippen molar-refractivity contribution in [1.29, 1.82) is 0 Å². The molecule has 0 saturated carbocycles. The number of phenols is 2. The van der Waals surface area contributed by atoms with E-state index in [-0.39, 0.29) is 17.1 Å². The topological polar surface area (TPSA) is 93.1 Å². The van der Waals surface area contributed by atoms with Gasteiger partial charge in [0.05, 0.1) is 5.56 Å². The van der Waals surface area contributed by atoms with E-state index < -0.39 is 11.9 Å². The minimum absolute atomic E-state index is 0.0679. The van der Waals surface area contributed by atoms with Gasteiger partial charge in [-0.15, -0.1) is 0 Å². The summed E-state index contributed by atoms with van der Waals surface area (Å²) in [4.78, 5) is 23.3. The second-order valence-electron chi connectivity index (χ2n) is 6.47. The fourth-order valence-electron chi connectivity index (χ4n) is 2.58. The maximum absolute atomic E-state index is 11.7. The molecule has 0 spiro atoms. The van der Waals surface area contributed by atoms with Crippen LogP contribution in [-0.2, 0) is 0 Å². The van der Waals surface area contributed by atoms with Crippen LogP contribution < -0.4 is 9.47 Å². The highest BCUT2D eigenvalue weighted by atomic mass is 16.5. The first kappa shape index (κ1) is 22.1. The van der Waals surface area contributed by atoms with Gasteiger partial charge in [-0.3, -0.25) is 0 Å². The summed E-state index contributed by atoms with van der Waals surface area (Å²) in [5, 5.41) is 18.7. The number of ether oxygens (including phenoxy) is 2. The quantitative estimate of drug-likeness (QED) is 0.342. The van der Waals surface area contributed by atoms with Gasteiger partial charge in [-0.1, -0.05) is 54.6 Å². The molecule has 0 aliphatic carbocycles. The molecule has 0 heterocycles. The van der Waals surface area contributed by atoms with Crippen molar-refractivity contribution in [2.24, 2.45) is 0 Å².